The summed E-state index contributed by atoms with van der Waals surface area (Å²) in [5.41, 5.74) is 7.79. The molecule has 0 bridgehead atoms. The zero-order valence-corrected chi connectivity index (χ0v) is 9.82. The Morgan fingerprint density at radius 1 is 1.50 bits per heavy atom. The number of aromatic carboxylic acids is 1. The number of aliphatic hydroxyl groups is 2. The molecule has 1 aromatic rings. The predicted octanol–water partition coefficient (Wildman–Crippen LogP) is 1.74. The normalized spacial score (nSPS) is 13.5. The Morgan fingerprint density at radius 2 is 2.17 bits per heavy atom. The lowest BCUT2D eigenvalue weighted by Crippen LogP contribution is -2.23. The van der Waals surface area contributed by atoms with Crippen LogP contribution in [0.5, 0.6) is 0 Å². The topological polar surface area (TPSA) is 127 Å². The number of hydrogen-bond donors (Lipinski definition) is 3. The summed E-state index contributed by atoms with van der Waals surface area (Å²) in [6.07, 6.45) is -2.98. The van der Waals surface area contributed by atoms with Crippen LogP contribution in [0.4, 0.5) is 0 Å². The maximum atomic E-state index is 11.0. The highest BCUT2D eigenvalue weighted by Gasteiger charge is 2.25. The molecule has 18 heavy (non-hydrogen) atoms. The van der Waals surface area contributed by atoms with Crippen molar-refractivity contribution in [2.75, 3.05) is 6.54 Å². The summed E-state index contributed by atoms with van der Waals surface area (Å²) < 4.78 is 0. The summed E-state index contributed by atoms with van der Waals surface area (Å²) in [7, 11) is 0. The number of carbonyl (C=O) groups is 1. The van der Waals surface area contributed by atoms with Gasteiger partial charge in [0, 0.05) is 15.5 Å². The van der Waals surface area contributed by atoms with Gasteiger partial charge in [-0.15, -0.1) is 0 Å². The van der Waals surface area contributed by atoms with Gasteiger partial charge in [-0.1, -0.05) is 22.8 Å². The van der Waals surface area contributed by atoms with Gasteiger partial charge in [-0.05, 0) is 17.7 Å². The highest BCUT2D eigenvalue weighted by atomic mass is 35.5. The Balaban J connectivity index is 3.14. The Labute approximate surface area is 107 Å². The molecule has 0 saturated carbocycles. The summed E-state index contributed by atoms with van der Waals surface area (Å²) in [5.74, 6) is -1.28. The van der Waals surface area contributed by atoms with Gasteiger partial charge in [0.25, 0.3) is 0 Å². The Kier molecular flexibility index (Phi) is 4.94. The van der Waals surface area contributed by atoms with Gasteiger partial charge in [0.2, 0.25) is 0 Å². The highest BCUT2D eigenvalue weighted by Crippen LogP contribution is 2.29. The number of nitrogens with zero attached hydrogens (tertiary/aromatic N) is 3. The van der Waals surface area contributed by atoms with Crippen LogP contribution < -0.4 is 0 Å². The third-order valence-electron chi connectivity index (χ3n) is 2.28. The van der Waals surface area contributed by atoms with Crippen LogP contribution in [0.15, 0.2) is 23.3 Å². The van der Waals surface area contributed by atoms with E-state index in [0.717, 1.165) is 0 Å². The third kappa shape index (κ3) is 3.12. The van der Waals surface area contributed by atoms with Gasteiger partial charge in [-0.3, -0.25) is 0 Å². The fourth-order valence-electron chi connectivity index (χ4n) is 1.44. The van der Waals surface area contributed by atoms with E-state index in [9.17, 15) is 15.0 Å². The molecule has 0 fully saturated rings. The molecule has 7 nitrogen and oxygen atoms in total. The molecule has 1 rings (SSSR count). The van der Waals surface area contributed by atoms with E-state index >= 15 is 0 Å². The first-order valence-corrected chi connectivity index (χ1v) is 5.25. The fraction of sp³-hybridized carbons (Fsp3) is 0.300. The monoisotopic (exact) mass is 271 g/mol. The number of halogens is 1. The molecular weight excluding hydrogens is 262 g/mol. The molecule has 96 valence electrons. The number of rotatable bonds is 5. The summed E-state index contributed by atoms with van der Waals surface area (Å²) in [4.78, 5) is 13.4. The van der Waals surface area contributed by atoms with Crippen molar-refractivity contribution in [3.05, 3.63) is 44.8 Å². The molecule has 3 N–H and O–H groups in total. The number of carboxylic acids is 1. The van der Waals surface area contributed by atoms with Gasteiger partial charge in [0.05, 0.1) is 18.2 Å². The fourth-order valence-corrected chi connectivity index (χ4v) is 1.72. The van der Waals surface area contributed by atoms with Crippen molar-refractivity contribution < 1.29 is 20.1 Å². The average molecular weight is 272 g/mol. The number of hydrogen-bond acceptors (Lipinski definition) is 4. The van der Waals surface area contributed by atoms with Crippen LogP contribution in [0.2, 0.25) is 5.02 Å². The van der Waals surface area contributed by atoms with Gasteiger partial charge < -0.3 is 15.3 Å². The molecule has 0 saturated heterocycles. The Hall–Kier alpha value is -1.79. The molecule has 0 amide bonds. The first-order valence-electron chi connectivity index (χ1n) is 4.87. The van der Waals surface area contributed by atoms with Gasteiger partial charge in [0.15, 0.2) is 0 Å². The number of benzene rings is 1. The third-order valence-corrected chi connectivity index (χ3v) is 2.61. The van der Waals surface area contributed by atoms with Crippen molar-refractivity contribution in [3.8, 4) is 0 Å². The van der Waals surface area contributed by atoms with Crippen molar-refractivity contribution in [2.45, 2.75) is 12.2 Å². The van der Waals surface area contributed by atoms with Crippen LogP contribution in [0.3, 0.4) is 0 Å². The highest BCUT2D eigenvalue weighted by molar-refractivity contribution is 6.31. The lowest BCUT2D eigenvalue weighted by Gasteiger charge is -2.19. The van der Waals surface area contributed by atoms with E-state index in [0.29, 0.717) is 0 Å². The summed E-state index contributed by atoms with van der Waals surface area (Å²) >= 11 is 5.81. The van der Waals surface area contributed by atoms with Gasteiger partial charge in [-0.25, -0.2) is 4.79 Å². The minimum absolute atomic E-state index is 0.0161. The minimum atomic E-state index is -1.55. The molecular formula is C10H10ClN3O4. The summed E-state index contributed by atoms with van der Waals surface area (Å²) in [6.45, 7) is -0.387. The van der Waals surface area contributed by atoms with Gasteiger partial charge >= 0.3 is 5.97 Å². The van der Waals surface area contributed by atoms with E-state index < -0.39 is 18.2 Å². The van der Waals surface area contributed by atoms with Crippen molar-refractivity contribution in [2.24, 2.45) is 5.11 Å². The smallest absolute Gasteiger partial charge is 0.336 e. The zero-order chi connectivity index (χ0) is 13.7. The standard InChI is InChI=1S/C10H10ClN3O4/c11-6-3-1-2-5(10(17)18)8(6)9(16)7(15)4-13-14-12/h1-3,7,9,15-16H,4H2,(H,17,18). The van der Waals surface area contributed by atoms with Crippen LogP contribution in [0, 0.1) is 0 Å². The van der Waals surface area contributed by atoms with Crippen molar-refractivity contribution >= 4 is 17.6 Å². The molecule has 0 aromatic heterocycles. The van der Waals surface area contributed by atoms with Crippen molar-refractivity contribution in [1.29, 1.82) is 0 Å². The predicted molar refractivity (Wildman–Crippen MR) is 63.4 cm³/mol. The molecule has 8 heteroatoms. The largest absolute Gasteiger partial charge is 0.478 e. The maximum Gasteiger partial charge on any atom is 0.336 e. The quantitative estimate of drug-likeness (QED) is 0.428. The van der Waals surface area contributed by atoms with E-state index in [2.05, 4.69) is 10.0 Å². The first-order chi connectivity index (χ1) is 8.49. The summed E-state index contributed by atoms with van der Waals surface area (Å²) in [5, 5.41) is 31.5. The van der Waals surface area contributed by atoms with E-state index in [1.807, 2.05) is 0 Å². The molecule has 0 spiro atoms. The minimum Gasteiger partial charge on any atom is -0.478 e. The second kappa shape index (κ2) is 6.23. The first kappa shape index (κ1) is 14.3. The Bertz CT molecular complexity index is 502. The number of azide groups is 1. The molecule has 0 radical (unpaired) electrons. The lowest BCUT2D eigenvalue weighted by atomic mass is 9.98. The number of aliphatic hydroxyl groups excluding tert-OH is 2. The molecule has 0 aliphatic heterocycles. The van der Waals surface area contributed by atoms with E-state index in [1.165, 1.54) is 18.2 Å². The lowest BCUT2D eigenvalue weighted by molar-refractivity contribution is 0.0233. The Morgan fingerprint density at radius 3 is 2.72 bits per heavy atom. The van der Waals surface area contributed by atoms with Crippen LogP contribution in [0.1, 0.15) is 22.0 Å². The number of carboxylic acid groups (broad SMARTS) is 1. The molecule has 2 atom stereocenters. The maximum absolute atomic E-state index is 11.0. The van der Waals surface area contributed by atoms with Crippen LogP contribution in [0.25, 0.3) is 10.4 Å². The molecule has 0 aliphatic carbocycles. The molecule has 2 unspecified atom stereocenters. The SMILES string of the molecule is [N-]=[N+]=NCC(O)C(O)c1c(Cl)cccc1C(=O)O. The second-order valence-corrected chi connectivity index (χ2v) is 3.84. The van der Waals surface area contributed by atoms with Gasteiger partial charge in [0.1, 0.15) is 6.10 Å². The van der Waals surface area contributed by atoms with E-state index in [1.54, 1.807) is 0 Å². The zero-order valence-electron chi connectivity index (χ0n) is 9.06. The van der Waals surface area contributed by atoms with E-state index in [4.69, 9.17) is 22.2 Å². The second-order valence-electron chi connectivity index (χ2n) is 3.43. The summed E-state index contributed by atoms with van der Waals surface area (Å²) in [6, 6.07) is 4.07. The van der Waals surface area contributed by atoms with Crippen LogP contribution in [-0.2, 0) is 0 Å². The molecule has 0 heterocycles. The molecule has 1 aromatic carbocycles. The molecule has 0 aliphatic rings. The van der Waals surface area contributed by atoms with Crippen molar-refractivity contribution in [3.63, 3.8) is 0 Å². The van der Waals surface area contributed by atoms with Crippen molar-refractivity contribution in [1.82, 2.24) is 0 Å². The van der Waals surface area contributed by atoms with Gasteiger partial charge in [-0.2, -0.15) is 0 Å². The van der Waals surface area contributed by atoms with Crippen LogP contribution >= 0.6 is 11.6 Å². The van der Waals surface area contributed by atoms with E-state index in [-0.39, 0.29) is 22.7 Å². The average Bonchev–Trinajstić information content (AvgIpc) is 2.34. The van der Waals surface area contributed by atoms with Crippen LogP contribution in [-0.4, -0.2) is 33.9 Å².